The van der Waals surface area contributed by atoms with Gasteiger partial charge in [-0.2, -0.15) is 0 Å². The third-order valence-electron chi connectivity index (χ3n) is 2.85. The van der Waals surface area contributed by atoms with Crippen molar-refractivity contribution in [1.29, 1.82) is 0 Å². The monoisotopic (exact) mass is 257 g/mol. The molecule has 2 rings (SSSR count). The lowest BCUT2D eigenvalue weighted by molar-refractivity contribution is 0.320. The molecule has 0 radical (unpaired) electrons. The van der Waals surface area contributed by atoms with E-state index in [0.29, 0.717) is 0 Å². The van der Waals surface area contributed by atoms with Crippen molar-refractivity contribution >= 4 is 18.0 Å². The summed E-state index contributed by atoms with van der Waals surface area (Å²) in [6, 6.07) is 18.4. The van der Waals surface area contributed by atoms with Gasteiger partial charge in [0.2, 0.25) is 0 Å². The first-order valence-electron chi connectivity index (χ1n) is 5.71. The Kier molecular flexibility index (Phi) is 4.42. The molecule has 2 aromatic carbocycles. The number of hydrogen-bond acceptors (Lipinski definition) is 3. The minimum absolute atomic E-state index is 0.00731. The van der Waals surface area contributed by atoms with E-state index in [4.69, 9.17) is 5.21 Å². The second-order valence-corrected chi connectivity index (χ2v) is 4.81. The molecule has 0 aliphatic carbocycles. The first-order valence-corrected chi connectivity index (χ1v) is 6.94. The molecule has 0 aromatic heterocycles. The zero-order valence-electron chi connectivity index (χ0n) is 10.2. The van der Waals surface area contributed by atoms with Crippen LogP contribution in [0.25, 0.3) is 0 Å². The van der Waals surface area contributed by atoms with Crippen molar-refractivity contribution in [3.05, 3.63) is 65.7 Å². The Morgan fingerprint density at radius 1 is 1.00 bits per heavy atom. The van der Waals surface area contributed by atoms with Crippen molar-refractivity contribution in [3.8, 4) is 0 Å². The third kappa shape index (κ3) is 2.93. The normalized spacial score (nSPS) is 12.7. The predicted molar refractivity (Wildman–Crippen MR) is 76.8 cm³/mol. The maximum Gasteiger partial charge on any atom is 0.0554 e. The van der Waals surface area contributed by atoms with Crippen molar-refractivity contribution < 1.29 is 5.21 Å². The molecule has 92 valence electrons. The second-order valence-electron chi connectivity index (χ2n) is 3.93. The third-order valence-corrected chi connectivity index (χ3v) is 3.59. The van der Waals surface area contributed by atoms with Crippen LogP contribution < -0.4 is 0 Å². The molecule has 0 bridgehead atoms. The molecule has 0 saturated carbocycles. The largest absolute Gasteiger partial charge is 0.411 e. The van der Waals surface area contributed by atoms with E-state index in [0.717, 1.165) is 11.1 Å². The fourth-order valence-corrected chi connectivity index (χ4v) is 2.31. The topological polar surface area (TPSA) is 32.6 Å². The van der Waals surface area contributed by atoms with Crippen LogP contribution in [-0.2, 0) is 0 Å². The van der Waals surface area contributed by atoms with Gasteiger partial charge in [-0.1, -0.05) is 42.5 Å². The van der Waals surface area contributed by atoms with Crippen LogP contribution in [0.15, 0.2) is 64.6 Å². The first kappa shape index (κ1) is 12.7. The number of benzene rings is 2. The Labute approximate surface area is 111 Å². The molecule has 0 saturated heterocycles. The van der Waals surface area contributed by atoms with Crippen LogP contribution in [0, 0.1) is 0 Å². The molecule has 2 nitrogen and oxygen atoms in total. The van der Waals surface area contributed by atoms with Crippen molar-refractivity contribution in [2.45, 2.75) is 10.8 Å². The smallest absolute Gasteiger partial charge is 0.0554 e. The number of rotatable bonds is 4. The summed E-state index contributed by atoms with van der Waals surface area (Å²) in [5.41, 5.74) is 2.24. The maximum atomic E-state index is 8.83. The van der Waals surface area contributed by atoms with Crippen molar-refractivity contribution in [1.82, 2.24) is 0 Å². The summed E-state index contributed by atoms with van der Waals surface area (Å²) in [5.74, 6) is -0.00731. The van der Waals surface area contributed by atoms with Crippen molar-refractivity contribution in [2.24, 2.45) is 5.16 Å². The molecule has 0 spiro atoms. The molecular weight excluding hydrogens is 242 g/mol. The zero-order valence-corrected chi connectivity index (χ0v) is 11.0. The molecule has 0 heterocycles. The molecule has 1 unspecified atom stereocenters. The van der Waals surface area contributed by atoms with Gasteiger partial charge in [-0.15, -0.1) is 16.9 Å². The highest BCUT2D eigenvalue weighted by molar-refractivity contribution is 7.98. The van der Waals surface area contributed by atoms with E-state index >= 15 is 0 Å². The number of oxime groups is 1. The Bertz CT molecular complexity index is 508. The van der Waals surface area contributed by atoms with Crippen LogP contribution in [0.4, 0.5) is 0 Å². The van der Waals surface area contributed by atoms with E-state index in [1.165, 1.54) is 4.90 Å². The van der Waals surface area contributed by atoms with Gasteiger partial charge in [0.25, 0.3) is 0 Å². The van der Waals surface area contributed by atoms with E-state index < -0.39 is 0 Å². The van der Waals surface area contributed by atoms with E-state index in [9.17, 15) is 0 Å². The Morgan fingerprint density at radius 3 is 2.17 bits per heavy atom. The van der Waals surface area contributed by atoms with Crippen LogP contribution in [-0.4, -0.2) is 17.7 Å². The SMILES string of the molecule is CSc1ccc(C(C=NO)c2ccccc2)cc1. The minimum atomic E-state index is -0.00731. The van der Waals surface area contributed by atoms with E-state index in [1.54, 1.807) is 18.0 Å². The summed E-state index contributed by atoms with van der Waals surface area (Å²) in [7, 11) is 0. The van der Waals surface area contributed by atoms with Gasteiger partial charge >= 0.3 is 0 Å². The highest BCUT2D eigenvalue weighted by Crippen LogP contribution is 2.25. The van der Waals surface area contributed by atoms with Crippen LogP contribution >= 0.6 is 11.8 Å². The van der Waals surface area contributed by atoms with E-state index in [1.807, 2.05) is 30.3 Å². The minimum Gasteiger partial charge on any atom is -0.411 e. The second kappa shape index (κ2) is 6.26. The Morgan fingerprint density at radius 2 is 1.61 bits per heavy atom. The van der Waals surface area contributed by atoms with Gasteiger partial charge in [-0.3, -0.25) is 0 Å². The van der Waals surface area contributed by atoms with Gasteiger partial charge < -0.3 is 5.21 Å². The zero-order chi connectivity index (χ0) is 12.8. The van der Waals surface area contributed by atoms with Crippen LogP contribution in [0.5, 0.6) is 0 Å². The standard InChI is InChI=1S/C15H15NOS/c1-18-14-9-7-13(8-10-14)15(11-16-17)12-5-3-2-4-6-12/h2-11,15,17H,1H3. The molecule has 1 N–H and O–H groups in total. The molecule has 2 aromatic rings. The molecule has 1 atom stereocenters. The lowest BCUT2D eigenvalue weighted by Gasteiger charge is -2.12. The lowest BCUT2D eigenvalue weighted by atomic mass is 9.92. The number of nitrogens with zero attached hydrogens (tertiary/aromatic N) is 1. The molecule has 18 heavy (non-hydrogen) atoms. The fraction of sp³-hybridized carbons (Fsp3) is 0.133. The highest BCUT2D eigenvalue weighted by atomic mass is 32.2. The van der Waals surface area contributed by atoms with Gasteiger partial charge in [0.05, 0.1) is 6.21 Å². The van der Waals surface area contributed by atoms with Gasteiger partial charge in [-0.25, -0.2) is 0 Å². The highest BCUT2D eigenvalue weighted by Gasteiger charge is 2.11. The summed E-state index contributed by atoms with van der Waals surface area (Å²) < 4.78 is 0. The van der Waals surface area contributed by atoms with Gasteiger partial charge in [-0.05, 0) is 29.5 Å². The average Bonchev–Trinajstić information content (AvgIpc) is 2.46. The molecule has 0 amide bonds. The van der Waals surface area contributed by atoms with Crippen LogP contribution in [0.2, 0.25) is 0 Å². The molecule has 3 heteroatoms. The quantitative estimate of drug-likeness (QED) is 0.388. The molecule has 0 aliphatic rings. The van der Waals surface area contributed by atoms with Crippen LogP contribution in [0.1, 0.15) is 17.0 Å². The van der Waals surface area contributed by atoms with Crippen LogP contribution in [0.3, 0.4) is 0 Å². The molecular formula is C15H15NOS. The van der Waals surface area contributed by atoms with Gasteiger partial charge in [0.15, 0.2) is 0 Å². The molecule has 0 fully saturated rings. The summed E-state index contributed by atoms with van der Waals surface area (Å²) in [6.07, 6.45) is 3.61. The number of thioether (sulfide) groups is 1. The summed E-state index contributed by atoms with van der Waals surface area (Å²) >= 11 is 1.72. The summed E-state index contributed by atoms with van der Waals surface area (Å²) in [5, 5.41) is 12.0. The van der Waals surface area contributed by atoms with E-state index in [2.05, 4.69) is 35.7 Å². The summed E-state index contributed by atoms with van der Waals surface area (Å²) in [4.78, 5) is 1.23. The van der Waals surface area contributed by atoms with Crippen molar-refractivity contribution in [3.63, 3.8) is 0 Å². The summed E-state index contributed by atoms with van der Waals surface area (Å²) in [6.45, 7) is 0. The van der Waals surface area contributed by atoms with Gasteiger partial charge in [0.1, 0.15) is 0 Å². The van der Waals surface area contributed by atoms with E-state index in [-0.39, 0.29) is 5.92 Å². The Hall–Kier alpha value is -1.74. The lowest BCUT2D eigenvalue weighted by Crippen LogP contribution is -2.02. The van der Waals surface area contributed by atoms with Gasteiger partial charge in [0, 0.05) is 10.8 Å². The number of hydrogen-bond donors (Lipinski definition) is 1. The first-order chi connectivity index (χ1) is 8.85. The average molecular weight is 257 g/mol. The maximum absolute atomic E-state index is 8.83. The Balaban J connectivity index is 2.35. The predicted octanol–water partition coefficient (Wildman–Crippen LogP) is 4.00. The fourth-order valence-electron chi connectivity index (χ4n) is 1.90. The molecule has 0 aliphatic heterocycles. The van der Waals surface area contributed by atoms with Crippen molar-refractivity contribution in [2.75, 3.05) is 6.26 Å².